The molecule has 0 unspecified atom stereocenters. The SMILES string of the molecule is CC(C)NCC1CCN(Cc2ccc(C(=O)O)cc2)CC1. The largest absolute Gasteiger partial charge is 0.478 e. The summed E-state index contributed by atoms with van der Waals surface area (Å²) >= 11 is 0. The molecular weight excluding hydrogens is 264 g/mol. The topological polar surface area (TPSA) is 52.6 Å². The molecule has 0 aromatic heterocycles. The van der Waals surface area contributed by atoms with Crippen molar-refractivity contribution >= 4 is 5.97 Å². The average molecular weight is 290 g/mol. The van der Waals surface area contributed by atoms with Gasteiger partial charge in [0.25, 0.3) is 0 Å². The lowest BCUT2D eigenvalue weighted by molar-refractivity contribution is 0.0697. The number of benzene rings is 1. The maximum Gasteiger partial charge on any atom is 0.335 e. The van der Waals surface area contributed by atoms with Crippen LogP contribution in [-0.2, 0) is 6.54 Å². The molecule has 21 heavy (non-hydrogen) atoms. The standard InChI is InChI=1S/C17H26N2O2/c1-13(2)18-11-14-7-9-19(10-8-14)12-15-3-5-16(6-4-15)17(20)21/h3-6,13-14,18H,7-12H2,1-2H3,(H,20,21). The van der Waals surface area contributed by atoms with Gasteiger partial charge in [-0.3, -0.25) is 4.90 Å². The average Bonchev–Trinajstić information content (AvgIpc) is 2.47. The molecule has 4 heteroatoms. The van der Waals surface area contributed by atoms with E-state index in [9.17, 15) is 4.79 Å². The van der Waals surface area contributed by atoms with Crippen molar-refractivity contribution in [1.29, 1.82) is 0 Å². The Hall–Kier alpha value is -1.39. The smallest absolute Gasteiger partial charge is 0.335 e. The van der Waals surface area contributed by atoms with Crippen LogP contribution in [0.5, 0.6) is 0 Å². The van der Waals surface area contributed by atoms with Crippen LogP contribution in [0.25, 0.3) is 0 Å². The lowest BCUT2D eigenvalue weighted by Gasteiger charge is -2.32. The molecule has 0 amide bonds. The third kappa shape index (κ3) is 5.14. The van der Waals surface area contributed by atoms with E-state index < -0.39 is 5.97 Å². The van der Waals surface area contributed by atoms with Crippen LogP contribution in [0.3, 0.4) is 0 Å². The Labute approximate surface area is 127 Å². The molecule has 4 nitrogen and oxygen atoms in total. The first kappa shape index (κ1) is 16.0. The van der Waals surface area contributed by atoms with Gasteiger partial charge in [0.2, 0.25) is 0 Å². The monoisotopic (exact) mass is 290 g/mol. The molecule has 2 N–H and O–H groups in total. The number of carboxylic acid groups (broad SMARTS) is 1. The van der Waals surface area contributed by atoms with E-state index in [0.717, 1.165) is 32.1 Å². The third-order valence-electron chi connectivity index (χ3n) is 4.13. The molecular formula is C17H26N2O2. The highest BCUT2D eigenvalue weighted by atomic mass is 16.4. The predicted octanol–water partition coefficient (Wildman–Crippen LogP) is 2.59. The molecule has 0 aliphatic carbocycles. The number of aromatic carboxylic acids is 1. The number of carboxylic acids is 1. The van der Waals surface area contributed by atoms with E-state index in [2.05, 4.69) is 24.1 Å². The van der Waals surface area contributed by atoms with Gasteiger partial charge in [-0.1, -0.05) is 26.0 Å². The zero-order chi connectivity index (χ0) is 15.2. The van der Waals surface area contributed by atoms with E-state index >= 15 is 0 Å². The van der Waals surface area contributed by atoms with Gasteiger partial charge >= 0.3 is 5.97 Å². The van der Waals surface area contributed by atoms with E-state index in [0.29, 0.717) is 11.6 Å². The van der Waals surface area contributed by atoms with Crippen LogP contribution in [-0.4, -0.2) is 41.7 Å². The summed E-state index contributed by atoms with van der Waals surface area (Å²) in [5, 5.41) is 12.4. The molecule has 0 bridgehead atoms. The summed E-state index contributed by atoms with van der Waals surface area (Å²) in [6, 6.07) is 7.80. The molecule has 0 saturated carbocycles. The van der Waals surface area contributed by atoms with Crippen molar-refractivity contribution in [3.05, 3.63) is 35.4 Å². The Morgan fingerprint density at radius 1 is 1.29 bits per heavy atom. The Balaban J connectivity index is 1.76. The molecule has 1 heterocycles. The van der Waals surface area contributed by atoms with Gasteiger partial charge in [-0.05, 0) is 56.1 Å². The first-order chi connectivity index (χ1) is 10.0. The van der Waals surface area contributed by atoms with Crippen molar-refractivity contribution in [2.75, 3.05) is 19.6 Å². The summed E-state index contributed by atoms with van der Waals surface area (Å²) in [5.74, 6) is -0.0712. The Bertz CT molecular complexity index is 448. The van der Waals surface area contributed by atoms with Crippen LogP contribution >= 0.6 is 0 Å². The maximum absolute atomic E-state index is 10.8. The number of carbonyl (C=O) groups is 1. The van der Waals surface area contributed by atoms with Crippen molar-refractivity contribution < 1.29 is 9.90 Å². The number of piperidine rings is 1. The Morgan fingerprint density at radius 3 is 2.43 bits per heavy atom. The van der Waals surface area contributed by atoms with Crippen molar-refractivity contribution in [3.63, 3.8) is 0 Å². The highest BCUT2D eigenvalue weighted by Crippen LogP contribution is 2.18. The molecule has 1 saturated heterocycles. The maximum atomic E-state index is 10.8. The number of hydrogen-bond acceptors (Lipinski definition) is 3. The lowest BCUT2D eigenvalue weighted by atomic mass is 9.96. The summed E-state index contributed by atoms with van der Waals surface area (Å²) in [4.78, 5) is 13.3. The summed E-state index contributed by atoms with van der Waals surface area (Å²) in [5.41, 5.74) is 1.55. The first-order valence-corrected chi connectivity index (χ1v) is 7.82. The van der Waals surface area contributed by atoms with Crippen molar-refractivity contribution in [2.45, 2.75) is 39.3 Å². The minimum absolute atomic E-state index is 0.359. The van der Waals surface area contributed by atoms with Crippen LogP contribution in [0, 0.1) is 5.92 Å². The predicted molar refractivity (Wildman–Crippen MR) is 84.5 cm³/mol. The highest BCUT2D eigenvalue weighted by Gasteiger charge is 2.19. The summed E-state index contributed by atoms with van der Waals surface area (Å²) in [6.07, 6.45) is 2.49. The second-order valence-electron chi connectivity index (χ2n) is 6.28. The van der Waals surface area contributed by atoms with E-state index in [4.69, 9.17) is 5.11 Å². The molecule has 0 atom stereocenters. The number of likely N-dealkylation sites (tertiary alicyclic amines) is 1. The van der Waals surface area contributed by atoms with Crippen LogP contribution in [0.15, 0.2) is 24.3 Å². The van der Waals surface area contributed by atoms with E-state index in [1.807, 2.05) is 12.1 Å². The summed E-state index contributed by atoms with van der Waals surface area (Å²) in [6.45, 7) is 8.69. The van der Waals surface area contributed by atoms with Crippen molar-refractivity contribution in [1.82, 2.24) is 10.2 Å². The number of hydrogen-bond donors (Lipinski definition) is 2. The fourth-order valence-corrected chi connectivity index (χ4v) is 2.76. The zero-order valence-corrected chi connectivity index (χ0v) is 13.0. The van der Waals surface area contributed by atoms with Gasteiger partial charge in [-0.15, -0.1) is 0 Å². The van der Waals surface area contributed by atoms with Crippen LogP contribution < -0.4 is 5.32 Å². The van der Waals surface area contributed by atoms with Gasteiger partial charge in [0, 0.05) is 12.6 Å². The molecule has 1 aromatic rings. The minimum atomic E-state index is -0.861. The first-order valence-electron chi connectivity index (χ1n) is 7.82. The number of nitrogens with zero attached hydrogens (tertiary/aromatic N) is 1. The molecule has 1 aromatic carbocycles. The molecule has 1 fully saturated rings. The molecule has 1 aliphatic heterocycles. The fraction of sp³-hybridized carbons (Fsp3) is 0.588. The van der Waals surface area contributed by atoms with Crippen LogP contribution in [0.2, 0.25) is 0 Å². The van der Waals surface area contributed by atoms with E-state index in [1.165, 1.54) is 18.4 Å². The van der Waals surface area contributed by atoms with E-state index in [1.54, 1.807) is 12.1 Å². The van der Waals surface area contributed by atoms with Gasteiger partial charge < -0.3 is 10.4 Å². The number of rotatable bonds is 6. The molecule has 2 rings (SSSR count). The van der Waals surface area contributed by atoms with Gasteiger partial charge in [-0.25, -0.2) is 4.79 Å². The minimum Gasteiger partial charge on any atom is -0.478 e. The van der Waals surface area contributed by atoms with Gasteiger partial charge in [0.1, 0.15) is 0 Å². The van der Waals surface area contributed by atoms with Gasteiger partial charge in [-0.2, -0.15) is 0 Å². The van der Waals surface area contributed by atoms with Crippen LogP contribution in [0.4, 0.5) is 0 Å². The van der Waals surface area contributed by atoms with E-state index in [-0.39, 0.29) is 0 Å². The second kappa shape index (κ2) is 7.57. The Morgan fingerprint density at radius 2 is 1.90 bits per heavy atom. The van der Waals surface area contributed by atoms with Crippen molar-refractivity contribution in [2.24, 2.45) is 5.92 Å². The lowest BCUT2D eigenvalue weighted by Crippen LogP contribution is -2.38. The molecule has 116 valence electrons. The quantitative estimate of drug-likeness (QED) is 0.845. The molecule has 0 radical (unpaired) electrons. The normalized spacial score (nSPS) is 17.3. The number of nitrogens with one attached hydrogen (secondary N) is 1. The highest BCUT2D eigenvalue weighted by molar-refractivity contribution is 5.87. The molecule has 1 aliphatic rings. The second-order valence-corrected chi connectivity index (χ2v) is 6.28. The Kier molecular flexibility index (Phi) is 5.76. The fourth-order valence-electron chi connectivity index (χ4n) is 2.76. The zero-order valence-electron chi connectivity index (χ0n) is 13.0. The summed E-state index contributed by atoms with van der Waals surface area (Å²) in [7, 11) is 0. The van der Waals surface area contributed by atoms with Crippen molar-refractivity contribution in [3.8, 4) is 0 Å². The summed E-state index contributed by atoms with van der Waals surface area (Å²) < 4.78 is 0. The van der Waals surface area contributed by atoms with Crippen LogP contribution in [0.1, 0.15) is 42.6 Å². The third-order valence-corrected chi connectivity index (χ3v) is 4.13. The molecule has 0 spiro atoms. The van der Waals surface area contributed by atoms with Gasteiger partial charge in [0.05, 0.1) is 5.56 Å². The van der Waals surface area contributed by atoms with Gasteiger partial charge in [0.15, 0.2) is 0 Å².